The number of hydrogen-bond acceptors (Lipinski definition) is 4. The van der Waals surface area contributed by atoms with Gasteiger partial charge in [0.2, 0.25) is 5.91 Å². The third kappa shape index (κ3) is 2.86. The lowest BCUT2D eigenvalue weighted by atomic mass is 10.0. The fourth-order valence-corrected chi connectivity index (χ4v) is 5.64. The van der Waals surface area contributed by atoms with Gasteiger partial charge in [0.15, 0.2) is 0 Å². The standard InChI is InChI=1S/C23H21N3O2S/c1-13(21(24)27)26-19(12-15-8-4-7-14-6-2-3-9-16(14)15)25-22-20(23(26)28)17-10-5-11-18(17)29-22/h2-4,6-9,13H,5,10-12H2,1H3,(H2,24,27). The molecule has 2 aromatic carbocycles. The molecule has 1 aliphatic carbocycles. The number of benzene rings is 2. The normalized spacial score (nSPS) is 14.4. The number of hydrogen-bond donors (Lipinski definition) is 1. The number of thiophene rings is 1. The topological polar surface area (TPSA) is 78.0 Å². The van der Waals surface area contributed by atoms with Crippen LogP contribution in [0.3, 0.4) is 0 Å². The maximum absolute atomic E-state index is 13.5. The van der Waals surface area contributed by atoms with Crippen molar-refractivity contribution in [2.45, 2.75) is 38.6 Å². The summed E-state index contributed by atoms with van der Waals surface area (Å²) in [4.78, 5) is 32.4. The third-order valence-corrected chi connectivity index (χ3v) is 7.06. The van der Waals surface area contributed by atoms with Gasteiger partial charge in [-0.2, -0.15) is 0 Å². The van der Waals surface area contributed by atoms with Crippen LogP contribution in [0.5, 0.6) is 0 Å². The molecule has 0 bridgehead atoms. The molecular weight excluding hydrogens is 382 g/mol. The smallest absolute Gasteiger partial charge is 0.263 e. The molecule has 0 saturated heterocycles. The first-order valence-corrected chi connectivity index (χ1v) is 10.7. The number of carbonyl (C=O) groups is 1. The molecule has 5 nitrogen and oxygen atoms in total. The molecule has 1 unspecified atom stereocenters. The van der Waals surface area contributed by atoms with Crippen LogP contribution in [-0.4, -0.2) is 15.5 Å². The molecule has 0 saturated carbocycles. The fraction of sp³-hybridized carbons (Fsp3) is 0.261. The van der Waals surface area contributed by atoms with E-state index in [1.165, 1.54) is 9.44 Å². The molecule has 2 N–H and O–H groups in total. The highest BCUT2D eigenvalue weighted by molar-refractivity contribution is 7.18. The summed E-state index contributed by atoms with van der Waals surface area (Å²) in [6.07, 6.45) is 3.44. The zero-order valence-electron chi connectivity index (χ0n) is 16.1. The molecule has 29 heavy (non-hydrogen) atoms. The van der Waals surface area contributed by atoms with E-state index < -0.39 is 11.9 Å². The van der Waals surface area contributed by atoms with E-state index in [9.17, 15) is 9.59 Å². The highest BCUT2D eigenvalue weighted by Crippen LogP contribution is 2.35. The molecule has 2 aromatic heterocycles. The van der Waals surface area contributed by atoms with Gasteiger partial charge in [-0.15, -0.1) is 11.3 Å². The van der Waals surface area contributed by atoms with Crippen LogP contribution in [0.4, 0.5) is 0 Å². The zero-order valence-corrected chi connectivity index (χ0v) is 17.0. The molecular formula is C23H21N3O2S. The maximum Gasteiger partial charge on any atom is 0.263 e. The Bertz CT molecular complexity index is 1330. The van der Waals surface area contributed by atoms with E-state index >= 15 is 0 Å². The second kappa shape index (κ2) is 6.81. The Morgan fingerprint density at radius 3 is 2.83 bits per heavy atom. The van der Waals surface area contributed by atoms with Gasteiger partial charge in [0.1, 0.15) is 16.7 Å². The lowest BCUT2D eigenvalue weighted by molar-refractivity contribution is -0.120. The summed E-state index contributed by atoms with van der Waals surface area (Å²) in [5.41, 5.74) is 7.64. The van der Waals surface area contributed by atoms with Gasteiger partial charge in [0.05, 0.1) is 5.39 Å². The first-order valence-electron chi connectivity index (χ1n) is 9.86. The van der Waals surface area contributed by atoms with Crippen molar-refractivity contribution in [3.63, 3.8) is 0 Å². The van der Waals surface area contributed by atoms with E-state index in [1.54, 1.807) is 18.3 Å². The van der Waals surface area contributed by atoms with Crippen LogP contribution in [0.25, 0.3) is 21.0 Å². The number of nitrogens with zero attached hydrogens (tertiary/aromatic N) is 2. The fourth-order valence-electron chi connectivity index (χ4n) is 4.37. The summed E-state index contributed by atoms with van der Waals surface area (Å²) in [6, 6.07) is 13.5. The Morgan fingerprint density at radius 2 is 2.00 bits per heavy atom. The lowest BCUT2D eigenvalue weighted by Crippen LogP contribution is -2.35. The average Bonchev–Trinajstić information content (AvgIpc) is 3.29. The lowest BCUT2D eigenvalue weighted by Gasteiger charge is -2.17. The van der Waals surface area contributed by atoms with Crippen LogP contribution < -0.4 is 11.3 Å². The van der Waals surface area contributed by atoms with Gasteiger partial charge in [-0.05, 0) is 48.1 Å². The molecule has 0 aliphatic heterocycles. The van der Waals surface area contributed by atoms with Gasteiger partial charge >= 0.3 is 0 Å². The Morgan fingerprint density at radius 1 is 1.21 bits per heavy atom. The molecule has 0 spiro atoms. The van der Waals surface area contributed by atoms with Gasteiger partial charge in [-0.25, -0.2) is 4.98 Å². The highest BCUT2D eigenvalue weighted by atomic mass is 32.1. The Balaban J connectivity index is 1.75. The molecule has 146 valence electrons. The Labute approximate surface area is 171 Å². The molecule has 0 fully saturated rings. The number of amides is 1. The van der Waals surface area contributed by atoms with Gasteiger partial charge in [-0.3, -0.25) is 14.2 Å². The summed E-state index contributed by atoms with van der Waals surface area (Å²) >= 11 is 1.62. The molecule has 0 radical (unpaired) electrons. The third-order valence-electron chi connectivity index (χ3n) is 5.87. The number of aromatic nitrogens is 2. The maximum atomic E-state index is 13.5. The van der Waals surface area contributed by atoms with Crippen LogP contribution in [-0.2, 0) is 24.1 Å². The van der Waals surface area contributed by atoms with Crippen LogP contribution >= 0.6 is 11.3 Å². The number of fused-ring (bicyclic) bond motifs is 4. The van der Waals surface area contributed by atoms with Crippen LogP contribution in [0.1, 0.15) is 41.2 Å². The predicted molar refractivity (Wildman–Crippen MR) is 117 cm³/mol. The van der Waals surface area contributed by atoms with Crippen molar-refractivity contribution in [2.75, 3.05) is 0 Å². The second-order valence-electron chi connectivity index (χ2n) is 7.63. The average molecular weight is 404 g/mol. The summed E-state index contributed by atoms with van der Waals surface area (Å²) in [6.45, 7) is 1.68. The van der Waals surface area contributed by atoms with Crippen molar-refractivity contribution >= 4 is 38.2 Å². The Hall–Kier alpha value is -2.99. The van der Waals surface area contributed by atoms with Crippen molar-refractivity contribution in [2.24, 2.45) is 5.73 Å². The van der Waals surface area contributed by atoms with E-state index in [-0.39, 0.29) is 5.56 Å². The molecule has 4 aromatic rings. The summed E-state index contributed by atoms with van der Waals surface area (Å²) in [5.74, 6) is 0.0596. The SMILES string of the molecule is CC(C(N)=O)n1c(Cc2cccc3ccccc23)nc2sc3c(c2c1=O)CCC3. The van der Waals surface area contributed by atoms with Crippen LogP contribution in [0.15, 0.2) is 47.3 Å². The van der Waals surface area contributed by atoms with Gasteiger partial charge in [0, 0.05) is 11.3 Å². The number of primary amides is 1. The molecule has 5 rings (SSSR count). The number of aryl methyl sites for hydroxylation is 2. The van der Waals surface area contributed by atoms with Crippen molar-refractivity contribution in [3.8, 4) is 0 Å². The molecule has 6 heteroatoms. The highest BCUT2D eigenvalue weighted by Gasteiger charge is 2.26. The van der Waals surface area contributed by atoms with Crippen LogP contribution in [0.2, 0.25) is 0 Å². The minimum absolute atomic E-state index is 0.143. The minimum atomic E-state index is -0.749. The Kier molecular flexibility index (Phi) is 4.24. The second-order valence-corrected chi connectivity index (χ2v) is 8.72. The van der Waals surface area contributed by atoms with E-state index in [4.69, 9.17) is 10.7 Å². The molecule has 2 heterocycles. The van der Waals surface area contributed by atoms with E-state index in [1.807, 2.05) is 24.3 Å². The first-order chi connectivity index (χ1) is 14.0. The van der Waals surface area contributed by atoms with E-state index in [0.717, 1.165) is 46.0 Å². The number of carbonyl (C=O) groups excluding carboxylic acids is 1. The van der Waals surface area contributed by atoms with E-state index in [2.05, 4.69) is 18.2 Å². The largest absolute Gasteiger partial charge is 0.368 e. The molecule has 1 aliphatic rings. The quantitative estimate of drug-likeness (QED) is 0.564. The first kappa shape index (κ1) is 18.1. The molecule has 1 amide bonds. The summed E-state index contributed by atoms with van der Waals surface area (Å²) in [5, 5.41) is 2.94. The number of nitrogens with two attached hydrogens (primary N) is 1. The number of rotatable bonds is 4. The predicted octanol–water partition coefficient (Wildman–Crippen LogP) is 3.74. The molecule has 1 atom stereocenters. The van der Waals surface area contributed by atoms with Gasteiger partial charge in [0.25, 0.3) is 5.56 Å². The van der Waals surface area contributed by atoms with Crippen molar-refractivity contribution in [3.05, 3.63) is 74.6 Å². The van der Waals surface area contributed by atoms with Gasteiger partial charge < -0.3 is 5.73 Å². The zero-order chi connectivity index (χ0) is 20.1. The van der Waals surface area contributed by atoms with Crippen molar-refractivity contribution in [1.29, 1.82) is 0 Å². The van der Waals surface area contributed by atoms with Crippen molar-refractivity contribution in [1.82, 2.24) is 9.55 Å². The summed E-state index contributed by atoms with van der Waals surface area (Å²) < 4.78 is 1.51. The van der Waals surface area contributed by atoms with Crippen LogP contribution in [0, 0.1) is 0 Å². The van der Waals surface area contributed by atoms with Crippen molar-refractivity contribution < 1.29 is 4.79 Å². The van der Waals surface area contributed by atoms with E-state index in [0.29, 0.717) is 17.6 Å². The minimum Gasteiger partial charge on any atom is -0.368 e. The summed E-state index contributed by atoms with van der Waals surface area (Å²) in [7, 11) is 0. The van der Waals surface area contributed by atoms with Gasteiger partial charge in [-0.1, -0.05) is 42.5 Å². The monoisotopic (exact) mass is 403 g/mol.